The molecule has 0 aromatic carbocycles. The summed E-state index contributed by atoms with van der Waals surface area (Å²) in [6.07, 6.45) is 0. The van der Waals surface area contributed by atoms with Crippen LogP contribution in [0.2, 0.25) is 0 Å². The Labute approximate surface area is 55.3 Å². The molecular formula is C6H13NO2. The number of carbonyl (C=O) groups is 1. The maximum absolute atomic E-state index is 10.6. The molecule has 0 spiro atoms. The van der Waals surface area contributed by atoms with Gasteiger partial charge in [-0.2, -0.15) is 0 Å². The number of hydrogen-bond donors (Lipinski definition) is 1. The van der Waals surface area contributed by atoms with Crippen LogP contribution in [0.15, 0.2) is 0 Å². The van der Waals surface area contributed by atoms with E-state index < -0.39 is 5.72 Å². The van der Waals surface area contributed by atoms with Gasteiger partial charge in [-0.3, -0.25) is 4.79 Å². The Morgan fingerprint density at radius 2 is 1.89 bits per heavy atom. The second kappa shape index (κ2) is 2.35. The zero-order chi connectivity index (χ0) is 7.65. The fourth-order valence-electron chi connectivity index (χ4n) is 0.385. The smallest absolute Gasteiger partial charge is 0.221 e. The Morgan fingerprint density at radius 1 is 1.56 bits per heavy atom. The standard InChI is InChI=1S/C6H13NO2/c1-5(8)7(4)6(2,3)9/h9H,1-4H3. The molecule has 0 atom stereocenters. The van der Waals surface area contributed by atoms with Crippen LogP contribution in [0.25, 0.3) is 0 Å². The summed E-state index contributed by atoms with van der Waals surface area (Å²) in [6.45, 7) is 4.54. The molecule has 0 saturated heterocycles. The van der Waals surface area contributed by atoms with Gasteiger partial charge in [0, 0.05) is 14.0 Å². The van der Waals surface area contributed by atoms with Crippen LogP contribution in [0.3, 0.4) is 0 Å². The minimum absolute atomic E-state index is 0.137. The molecule has 3 nitrogen and oxygen atoms in total. The number of rotatable bonds is 1. The van der Waals surface area contributed by atoms with Gasteiger partial charge in [0.1, 0.15) is 5.72 Å². The van der Waals surface area contributed by atoms with E-state index in [0.29, 0.717) is 0 Å². The number of nitrogens with zero attached hydrogens (tertiary/aromatic N) is 1. The van der Waals surface area contributed by atoms with Crippen LogP contribution in [0.4, 0.5) is 0 Å². The van der Waals surface area contributed by atoms with Gasteiger partial charge in [0.15, 0.2) is 0 Å². The maximum Gasteiger partial charge on any atom is 0.221 e. The van der Waals surface area contributed by atoms with Gasteiger partial charge in [0.05, 0.1) is 0 Å². The van der Waals surface area contributed by atoms with E-state index in [1.54, 1.807) is 20.9 Å². The van der Waals surface area contributed by atoms with Gasteiger partial charge >= 0.3 is 0 Å². The van der Waals surface area contributed by atoms with Crippen molar-refractivity contribution in [2.75, 3.05) is 7.05 Å². The first-order valence-electron chi connectivity index (χ1n) is 2.82. The first kappa shape index (κ1) is 8.43. The third-order valence-electron chi connectivity index (χ3n) is 1.29. The van der Waals surface area contributed by atoms with Crippen LogP contribution in [0, 0.1) is 0 Å². The zero-order valence-corrected chi connectivity index (χ0v) is 6.30. The highest BCUT2D eigenvalue weighted by atomic mass is 16.3. The Hall–Kier alpha value is -0.570. The Kier molecular flexibility index (Phi) is 2.20. The molecule has 0 saturated carbocycles. The molecule has 0 heterocycles. The van der Waals surface area contributed by atoms with Crippen molar-refractivity contribution >= 4 is 5.91 Å². The van der Waals surface area contributed by atoms with Crippen molar-refractivity contribution in [2.24, 2.45) is 0 Å². The van der Waals surface area contributed by atoms with Crippen molar-refractivity contribution in [3.63, 3.8) is 0 Å². The monoisotopic (exact) mass is 131 g/mol. The molecule has 0 fully saturated rings. The lowest BCUT2D eigenvalue weighted by Crippen LogP contribution is -2.43. The molecule has 3 heteroatoms. The molecule has 0 aliphatic carbocycles. The Balaban J connectivity index is 4.04. The second-order valence-electron chi connectivity index (χ2n) is 2.57. The topological polar surface area (TPSA) is 40.5 Å². The molecule has 0 aromatic rings. The molecule has 54 valence electrons. The number of carbonyl (C=O) groups excluding carboxylic acids is 1. The average molecular weight is 131 g/mol. The summed E-state index contributed by atoms with van der Waals surface area (Å²) in [6, 6.07) is 0. The van der Waals surface area contributed by atoms with Crippen molar-refractivity contribution in [3.05, 3.63) is 0 Å². The van der Waals surface area contributed by atoms with E-state index in [9.17, 15) is 4.79 Å². The highest BCUT2D eigenvalue weighted by Gasteiger charge is 2.20. The van der Waals surface area contributed by atoms with Crippen LogP contribution >= 0.6 is 0 Å². The predicted molar refractivity (Wildman–Crippen MR) is 34.7 cm³/mol. The van der Waals surface area contributed by atoms with Crippen molar-refractivity contribution in [1.29, 1.82) is 0 Å². The number of hydrogen-bond acceptors (Lipinski definition) is 2. The highest BCUT2D eigenvalue weighted by molar-refractivity contribution is 5.73. The van der Waals surface area contributed by atoms with Gasteiger partial charge in [0.2, 0.25) is 5.91 Å². The number of amides is 1. The predicted octanol–water partition coefficient (Wildman–Crippen LogP) is 0.193. The van der Waals surface area contributed by atoms with Gasteiger partial charge in [-0.05, 0) is 13.8 Å². The zero-order valence-electron chi connectivity index (χ0n) is 6.30. The highest BCUT2D eigenvalue weighted by Crippen LogP contribution is 2.05. The minimum Gasteiger partial charge on any atom is -0.371 e. The summed E-state index contributed by atoms with van der Waals surface area (Å²) in [5, 5.41) is 9.16. The summed E-state index contributed by atoms with van der Waals surface area (Å²) in [5.41, 5.74) is -1.04. The SMILES string of the molecule is CC(=O)N(C)C(C)(C)O. The maximum atomic E-state index is 10.6. The number of aliphatic hydroxyl groups is 1. The molecule has 0 unspecified atom stereocenters. The molecule has 0 rings (SSSR count). The molecule has 9 heavy (non-hydrogen) atoms. The summed E-state index contributed by atoms with van der Waals surface area (Å²) in [4.78, 5) is 11.8. The molecule has 0 radical (unpaired) electrons. The van der Waals surface area contributed by atoms with E-state index in [-0.39, 0.29) is 5.91 Å². The average Bonchev–Trinajstić information content (AvgIpc) is 1.62. The van der Waals surface area contributed by atoms with Crippen molar-refractivity contribution in [2.45, 2.75) is 26.5 Å². The van der Waals surface area contributed by atoms with Crippen LogP contribution < -0.4 is 0 Å². The van der Waals surface area contributed by atoms with E-state index in [1.165, 1.54) is 11.8 Å². The first-order valence-corrected chi connectivity index (χ1v) is 2.82. The molecule has 0 bridgehead atoms. The van der Waals surface area contributed by atoms with E-state index in [4.69, 9.17) is 5.11 Å². The van der Waals surface area contributed by atoms with Crippen molar-refractivity contribution < 1.29 is 9.90 Å². The normalized spacial score (nSPS) is 11.2. The van der Waals surface area contributed by atoms with E-state index in [1.807, 2.05) is 0 Å². The van der Waals surface area contributed by atoms with Crippen LogP contribution in [0.5, 0.6) is 0 Å². The summed E-state index contributed by atoms with van der Waals surface area (Å²) in [5.74, 6) is -0.137. The van der Waals surface area contributed by atoms with Crippen molar-refractivity contribution in [1.82, 2.24) is 4.90 Å². The first-order chi connectivity index (χ1) is 3.85. The lowest BCUT2D eigenvalue weighted by Gasteiger charge is -2.28. The Morgan fingerprint density at radius 3 is 1.89 bits per heavy atom. The van der Waals surface area contributed by atoms with E-state index >= 15 is 0 Å². The largest absolute Gasteiger partial charge is 0.371 e. The molecular weight excluding hydrogens is 118 g/mol. The lowest BCUT2D eigenvalue weighted by atomic mass is 10.3. The van der Waals surface area contributed by atoms with Gasteiger partial charge in [-0.1, -0.05) is 0 Å². The molecule has 1 N–H and O–H groups in total. The molecule has 0 aliphatic heterocycles. The van der Waals surface area contributed by atoms with Gasteiger partial charge < -0.3 is 10.0 Å². The molecule has 0 aromatic heterocycles. The van der Waals surface area contributed by atoms with Crippen LogP contribution in [0.1, 0.15) is 20.8 Å². The lowest BCUT2D eigenvalue weighted by molar-refractivity contribution is -0.146. The van der Waals surface area contributed by atoms with Crippen LogP contribution in [-0.2, 0) is 4.79 Å². The van der Waals surface area contributed by atoms with Crippen molar-refractivity contribution in [3.8, 4) is 0 Å². The van der Waals surface area contributed by atoms with Gasteiger partial charge in [0.25, 0.3) is 0 Å². The summed E-state index contributed by atoms with van der Waals surface area (Å²) in [7, 11) is 1.56. The fourth-order valence-corrected chi connectivity index (χ4v) is 0.385. The minimum atomic E-state index is -1.04. The quantitative estimate of drug-likeness (QED) is 0.516. The van der Waals surface area contributed by atoms with Gasteiger partial charge in [-0.15, -0.1) is 0 Å². The Bertz CT molecular complexity index is 115. The van der Waals surface area contributed by atoms with E-state index in [2.05, 4.69) is 0 Å². The third kappa shape index (κ3) is 2.46. The molecule has 0 aliphatic rings. The second-order valence-corrected chi connectivity index (χ2v) is 2.57. The van der Waals surface area contributed by atoms with Gasteiger partial charge in [-0.25, -0.2) is 0 Å². The summed E-state index contributed by atoms with van der Waals surface area (Å²) < 4.78 is 0. The fraction of sp³-hybridized carbons (Fsp3) is 0.833. The molecule has 1 amide bonds. The summed E-state index contributed by atoms with van der Waals surface area (Å²) >= 11 is 0. The third-order valence-corrected chi connectivity index (χ3v) is 1.29. The van der Waals surface area contributed by atoms with Crippen LogP contribution in [-0.4, -0.2) is 28.7 Å². The van der Waals surface area contributed by atoms with E-state index in [0.717, 1.165) is 0 Å².